The Kier molecular flexibility index (Phi) is 6.97. The minimum Gasteiger partial charge on any atom is -0.486 e. The molecule has 0 spiro atoms. The van der Waals surface area contributed by atoms with Crippen molar-refractivity contribution >= 4 is 22.9 Å². The summed E-state index contributed by atoms with van der Waals surface area (Å²) in [5, 5.41) is 5.56. The number of rotatable bonds is 9. The van der Waals surface area contributed by atoms with Crippen LogP contribution in [0.15, 0.2) is 60.0 Å². The van der Waals surface area contributed by atoms with Gasteiger partial charge in [-0.1, -0.05) is 18.2 Å². The Hall–Kier alpha value is -2.93. The van der Waals surface area contributed by atoms with Crippen LogP contribution in [0.3, 0.4) is 0 Å². The average Bonchev–Trinajstić information content (AvgIpc) is 3.15. The third kappa shape index (κ3) is 6.06. The van der Waals surface area contributed by atoms with E-state index >= 15 is 0 Å². The zero-order valence-electron chi connectivity index (χ0n) is 15.6. The highest BCUT2D eigenvalue weighted by Crippen LogP contribution is 2.16. The molecule has 0 unspecified atom stereocenters. The first-order valence-corrected chi connectivity index (χ1v) is 9.82. The molecule has 2 aromatic carbocycles. The molecule has 0 aliphatic carbocycles. The van der Waals surface area contributed by atoms with Gasteiger partial charge in [0.05, 0.1) is 12.1 Å². The van der Waals surface area contributed by atoms with E-state index < -0.39 is 0 Å². The number of amides is 1. The summed E-state index contributed by atoms with van der Waals surface area (Å²) in [5.74, 6) is 0.223. The van der Waals surface area contributed by atoms with Gasteiger partial charge >= 0.3 is 0 Å². The SMILES string of the molecule is CN(CCNC(=O)Cc1csc(COc2ccc(F)cc2)n1)c1ccccc1. The van der Waals surface area contributed by atoms with Gasteiger partial charge in [-0.25, -0.2) is 9.37 Å². The molecule has 0 bridgehead atoms. The monoisotopic (exact) mass is 399 g/mol. The minimum atomic E-state index is -0.301. The van der Waals surface area contributed by atoms with Crippen molar-refractivity contribution in [3.63, 3.8) is 0 Å². The van der Waals surface area contributed by atoms with E-state index in [4.69, 9.17) is 4.74 Å². The quantitative estimate of drug-likeness (QED) is 0.597. The molecule has 0 atom stereocenters. The van der Waals surface area contributed by atoms with E-state index in [2.05, 4.69) is 15.2 Å². The zero-order valence-corrected chi connectivity index (χ0v) is 16.4. The van der Waals surface area contributed by atoms with E-state index in [1.807, 2.05) is 42.8 Å². The number of aromatic nitrogens is 1. The number of benzene rings is 2. The van der Waals surface area contributed by atoms with E-state index in [0.717, 1.165) is 22.9 Å². The van der Waals surface area contributed by atoms with Crippen molar-refractivity contribution in [3.8, 4) is 5.75 Å². The Balaban J connectivity index is 1.39. The van der Waals surface area contributed by atoms with Crippen LogP contribution in [0, 0.1) is 5.82 Å². The zero-order chi connectivity index (χ0) is 19.8. The predicted molar refractivity (Wildman–Crippen MR) is 109 cm³/mol. The highest BCUT2D eigenvalue weighted by Gasteiger charge is 2.09. The maximum Gasteiger partial charge on any atom is 0.226 e. The number of halogens is 1. The van der Waals surface area contributed by atoms with Gasteiger partial charge < -0.3 is 15.0 Å². The van der Waals surface area contributed by atoms with Gasteiger partial charge in [-0.2, -0.15) is 0 Å². The number of hydrogen-bond acceptors (Lipinski definition) is 5. The Morgan fingerprint density at radius 2 is 1.93 bits per heavy atom. The number of carbonyl (C=O) groups excluding carboxylic acids is 1. The second-order valence-electron chi connectivity index (χ2n) is 6.26. The molecule has 5 nitrogen and oxygen atoms in total. The number of carbonyl (C=O) groups is 1. The summed E-state index contributed by atoms with van der Waals surface area (Å²) in [6, 6.07) is 15.9. The number of para-hydroxylation sites is 1. The molecule has 1 aromatic heterocycles. The molecule has 3 aromatic rings. The standard InChI is InChI=1S/C21H22FN3O2S/c1-25(18-5-3-2-4-6-18)12-11-23-20(26)13-17-15-28-21(24-17)14-27-19-9-7-16(22)8-10-19/h2-10,15H,11-14H2,1H3,(H,23,26). The van der Waals surface area contributed by atoms with Crippen LogP contribution >= 0.6 is 11.3 Å². The van der Waals surface area contributed by atoms with Crippen molar-refractivity contribution in [2.45, 2.75) is 13.0 Å². The van der Waals surface area contributed by atoms with Crippen LogP contribution < -0.4 is 15.0 Å². The summed E-state index contributed by atoms with van der Waals surface area (Å²) in [6.45, 7) is 1.58. The van der Waals surface area contributed by atoms with E-state index in [-0.39, 0.29) is 18.1 Å². The molecule has 1 amide bonds. The van der Waals surface area contributed by atoms with Crippen LogP contribution in [-0.4, -0.2) is 31.0 Å². The lowest BCUT2D eigenvalue weighted by Crippen LogP contribution is -2.33. The highest BCUT2D eigenvalue weighted by molar-refractivity contribution is 7.09. The van der Waals surface area contributed by atoms with E-state index in [9.17, 15) is 9.18 Å². The van der Waals surface area contributed by atoms with Crippen LogP contribution in [0.5, 0.6) is 5.75 Å². The molecule has 3 rings (SSSR count). The van der Waals surface area contributed by atoms with Gasteiger partial charge in [-0.15, -0.1) is 11.3 Å². The Morgan fingerprint density at radius 1 is 1.18 bits per heavy atom. The van der Waals surface area contributed by atoms with Crippen molar-refractivity contribution in [2.75, 3.05) is 25.0 Å². The fraction of sp³-hybridized carbons (Fsp3) is 0.238. The summed E-state index contributed by atoms with van der Waals surface area (Å²) in [7, 11) is 2.00. The summed E-state index contributed by atoms with van der Waals surface area (Å²) >= 11 is 1.44. The fourth-order valence-electron chi connectivity index (χ4n) is 2.57. The third-order valence-electron chi connectivity index (χ3n) is 4.08. The number of ether oxygens (including phenoxy) is 1. The maximum atomic E-state index is 12.9. The number of thiazole rings is 1. The van der Waals surface area contributed by atoms with Crippen molar-refractivity contribution in [3.05, 3.63) is 76.5 Å². The van der Waals surface area contributed by atoms with E-state index in [1.54, 1.807) is 12.1 Å². The van der Waals surface area contributed by atoms with Crippen LogP contribution in [0.2, 0.25) is 0 Å². The number of likely N-dealkylation sites (N-methyl/N-ethyl adjacent to an activating group) is 1. The minimum absolute atomic E-state index is 0.0576. The molecule has 146 valence electrons. The largest absolute Gasteiger partial charge is 0.486 e. The third-order valence-corrected chi connectivity index (χ3v) is 4.95. The molecule has 0 saturated heterocycles. The number of nitrogens with one attached hydrogen (secondary N) is 1. The van der Waals surface area contributed by atoms with Crippen molar-refractivity contribution in [1.29, 1.82) is 0 Å². The lowest BCUT2D eigenvalue weighted by molar-refractivity contribution is -0.120. The first-order valence-electron chi connectivity index (χ1n) is 8.94. The average molecular weight is 399 g/mol. The van der Waals surface area contributed by atoms with Gasteiger partial charge in [0.15, 0.2) is 0 Å². The van der Waals surface area contributed by atoms with E-state index in [1.165, 1.54) is 23.5 Å². The molecule has 1 N–H and O–H groups in total. The summed E-state index contributed by atoms with van der Waals surface area (Å²) < 4.78 is 18.5. The predicted octanol–water partition coefficient (Wildman–Crippen LogP) is 3.66. The van der Waals surface area contributed by atoms with Gasteiger partial charge in [0.25, 0.3) is 0 Å². The van der Waals surface area contributed by atoms with Gasteiger partial charge in [0, 0.05) is 31.2 Å². The second kappa shape index (κ2) is 9.85. The van der Waals surface area contributed by atoms with Crippen LogP contribution in [-0.2, 0) is 17.8 Å². The fourth-order valence-corrected chi connectivity index (χ4v) is 3.28. The first-order chi connectivity index (χ1) is 13.6. The molecule has 1 heterocycles. The molecule has 0 saturated carbocycles. The van der Waals surface area contributed by atoms with Gasteiger partial charge in [0.2, 0.25) is 5.91 Å². The second-order valence-corrected chi connectivity index (χ2v) is 7.20. The van der Waals surface area contributed by atoms with Gasteiger partial charge in [-0.3, -0.25) is 4.79 Å². The normalized spacial score (nSPS) is 10.5. The maximum absolute atomic E-state index is 12.9. The first kappa shape index (κ1) is 19.8. The Bertz CT molecular complexity index is 884. The number of anilines is 1. The summed E-state index contributed by atoms with van der Waals surface area (Å²) in [4.78, 5) is 18.6. The van der Waals surface area contributed by atoms with Crippen LogP contribution in [0.1, 0.15) is 10.7 Å². The molecule has 28 heavy (non-hydrogen) atoms. The highest BCUT2D eigenvalue weighted by atomic mass is 32.1. The number of hydrogen-bond donors (Lipinski definition) is 1. The molecule has 0 fully saturated rings. The van der Waals surface area contributed by atoms with Crippen LogP contribution in [0.25, 0.3) is 0 Å². The van der Waals surface area contributed by atoms with Crippen molar-refractivity contribution in [2.24, 2.45) is 0 Å². The lowest BCUT2D eigenvalue weighted by atomic mass is 10.3. The number of nitrogens with zero attached hydrogens (tertiary/aromatic N) is 2. The molecular weight excluding hydrogens is 377 g/mol. The van der Waals surface area contributed by atoms with Crippen molar-refractivity contribution < 1.29 is 13.9 Å². The lowest BCUT2D eigenvalue weighted by Gasteiger charge is -2.19. The van der Waals surface area contributed by atoms with Crippen LogP contribution in [0.4, 0.5) is 10.1 Å². The Morgan fingerprint density at radius 3 is 2.68 bits per heavy atom. The summed E-state index contributed by atoms with van der Waals surface area (Å²) in [6.07, 6.45) is 0.238. The molecular formula is C21H22FN3O2S. The topological polar surface area (TPSA) is 54.5 Å². The smallest absolute Gasteiger partial charge is 0.226 e. The molecule has 0 radical (unpaired) electrons. The van der Waals surface area contributed by atoms with Gasteiger partial charge in [-0.05, 0) is 36.4 Å². The Labute approximate surface area is 167 Å². The molecule has 0 aliphatic rings. The van der Waals surface area contributed by atoms with Gasteiger partial charge in [0.1, 0.15) is 23.2 Å². The van der Waals surface area contributed by atoms with E-state index in [0.29, 0.717) is 18.9 Å². The molecule has 7 heteroatoms. The molecule has 0 aliphatic heterocycles. The van der Waals surface area contributed by atoms with Crippen molar-refractivity contribution in [1.82, 2.24) is 10.3 Å². The summed E-state index contributed by atoms with van der Waals surface area (Å²) in [5.41, 5.74) is 1.83.